The normalized spacial score (nSPS) is 23.8. The topological polar surface area (TPSA) is 90.5 Å². The molecular weight excluding hydrogens is 476 g/mol. The van der Waals surface area contributed by atoms with E-state index in [4.69, 9.17) is 0 Å². The molecule has 0 bridgehead atoms. The van der Waals surface area contributed by atoms with Gasteiger partial charge in [-0.3, -0.25) is 14.4 Å². The fraction of sp³-hybridized carbons (Fsp3) is 0.452. The Hall–Kier alpha value is -3.45. The lowest BCUT2D eigenvalue weighted by Crippen LogP contribution is -2.57. The maximum atomic E-state index is 13.6. The molecule has 7 heteroatoms. The van der Waals surface area contributed by atoms with E-state index in [9.17, 15) is 14.4 Å². The Morgan fingerprint density at radius 1 is 0.974 bits per heavy atom. The lowest BCUT2D eigenvalue weighted by molar-refractivity contribution is -0.141. The third-order valence-corrected chi connectivity index (χ3v) is 7.42. The number of fused-ring (bicyclic) bond motifs is 1. The lowest BCUT2D eigenvalue weighted by Gasteiger charge is -2.32. The molecule has 2 aromatic carbocycles. The number of carbonyl (C=O) groups is 3. The van der Waals surface area contributed by atoms with Crippen LogP contribution in [-0.2, 0) is 27.2 Å². The Labute approximate surface area is 227 Å². The largest absolute Gasteiger partial charge is 0.354 e. The molecule has 2 aromatic rings. The molecule has 4 atom stereocenters. The summed E-state index contributed by atoms with van der Waals surface area (Å²) in [6.07, 6.45) is 6.79. The average Bonchev–Trinajstić information content (AvgIpc) is 2.93. The van der Waals surface area contributed by atoms with Crippen molar-refractivity contribution in [3.63, 3.8) is 0 Å². The number of likely N-dealkylation sites (N-methyl/N-ethyl adjacent to an activating group) is 1. The van der Waals surface area contributed by atoms with Crippen molar-refractivity contribution in [3.8, 4) is 0 Å². The van der Waals surface area contributed by atoms with Crippen molar-refractivity contribution in [1.29, 1.82) is 0 Å². The number of amides is 3. The lowest BCUT2D eigenvalue weighted by atomic mass is 9.96. The number of benzene rings is 2. The van der Waals surface area contributed by atoms with Crippen LogP contribution in [0, 0.1) is 5.92 Å². The van der Waals surface area contributed by atoms with Gasteiger partial charge < -0.3 is 20.9 Å². The van der Waals surface area contributed by atoms with Gasteiger partial charge in [0.05, 0.1) is 6.04 Å². The van der Waals surface area contributed by atoms with Gasteiger partial charge in [0.2, 0.25) is 17.7 Å². The fourth-order valence-corrected chi connectivity index (χ4v) is 4.60. The van der Waals surface area contributed by atoms with Crippen LogP contribution in [0.25, 0.3) is 6.08 Å². The molecule has 0 saturated heterocycles. The van der Waals surface area contributed by atoms with Gasteiger partial charge in [0, 0.05) is 20.0 Å². The number of hydrogen-bond donors (Lipinski definition) is 3. The third-order valence-electron chi connectivity index (χ3n) is 7.42. The van der Waals surface area contributed by atoms with Gasteiger partial charge in [-0.05, 0) is 48.9 Å². The van der Waals surface area contributed by atoms with Crippen LogP contribution in [0.5, 0.6) is 0 Å². The van der Waals surface area contributed by atoms with E-state index in [0.29, 0.717) is 25.9 Å². The second-order valence-electron chi connectivity index (χ2n) is 10.1. The Bertz CT molecular complexity index is 1100. The Morgan fingerprint density at radius 2 is 1.68 bits per heavy atom. The first-order valence-corrected chi connectivity index (χ1v) is 13.7. The van der Waals surface area contributed by atoms with E-state index in [2.05, 4.69) is 54.1 Å². The van der Waals surface area contributed by atoms with Crippen molar-refractivity contribution >= 4 is 23.8 Å². The molecule has 3 N–H and O–H groups in total. The van der Waals surface area contributed by atoms with Crippen molar-refractivity contribution in [2.24, 2.45) is 5.92 Å². The van der Waals surface area contributed by atoms with Gasteiger partial charge >= 0.3 is 0 Å². The van der Waals surface area contributed by atoms with Crippen molar-refractivity contribution in [2.45, 2.75) is 64.6 Å². The molecule has 3 rings (SSSR count). The minimum Gasteiger partial charge on any atom is -0.354 e. The molecule has 3 amide bonds. The van der Waals surface area contributed by atoms with Crippen LogP contribution in [0.15, 0.2) is 60.7 Å². The molecule has 0 unspecified atom stereocenters. The molecule has 0 aliphatic carbocycles. The third kappa shape index (κ3) is 8.02. The molecular formula is C31H42N4O3. The molecule has 0 spiro atoms. The monoisotopic (exact) mass is 518 g/mol. The van der Waals surface area contributed by atoms with Crippen molar-refractivity contribution in [2.75, 3.05) is 20.1 Å². The first-order valence-electron chi connectivity index (χ1n) is 13.7. The maximum absolute atomic E-state index is 13.6. The van der Waals surface area contributed by atoms with Gasteiger partial charge in [-0.2, -0.15) is 0 Å². The Balaban J connectivity index is 1.88. The van der Waals surface area contributed by atoms with Gasteiger partial charge in [0.15, 0.2) is 0 Å². The predicted molar refractivity (Wildman–Crippen MR) is 152 cm³/mol. The van der Waals surface area contributed by atoms with E-state index in [-0.39, 0.29) is 23.6 Å². The van der Waals surface area contributed by atoms with Gasteiger partial charge in [0.1, 0.15) is 12.1 Å². The first kappa shape index (κ1) is 29.1. The molecule has 38 heavy (non-hydrogen) atoms. The van der Waals surface area contributed by atoms with Gasteiger partial charge in [0.25, 0.3) is 0 Å². The van der Waals surface area contributed by atoms with E-state index in [0.717, 1.165) is 24.0 Å². The number of rotatable bonds is 4. The van der Waals surface area contributed by atoms with Crippen molar-refractivity contribution < 1.29 is 14.4 Å². The Kier molecular flexibility index (Phi) is 11.1. The second-order valence-corrected chi connectivity index (χ2v) is 10.1. The highest BCUT2D eigenvalue weighted by Crippen LogP contribution is 2.15. The van der Waals surface area contributed by atoms with Crippen molar-refractivity contribution in [3.05, 3.63) is 77.4 Å². The average molecular weight is 519 g/mol. The molecule has 7 nitrogen and oxygen atoms in total. The molecule has 0 fully saturated rings. The first-order chi connectivity index (χ1) is 18.3. The van der Waals surface area contributed by atoms with Gasteiger partial charge in [-0.1, -0.05) is 87.0 Å². The number of nitrogens with one attached hydrogen (secondary N) is 3. The van der Waals surface area contributed by atoms with Crippen LogP contribution in [0.1, 0.15) is 50.3 Å². The van der Waals surface area contributed by atoms with E-state index in [1.165, 1.54) is 10.5 Å². The molecule has 0 radical (unpaired) electrons. The zero-order valence-corrected chi connectivity index (χ0v) is 23.1. The predicted octanol–water partition coefficient (Wildman–Crippen LogP) is 3.34. The van der Waals surface area contributed by atoms with E-state index < -0.39 is 18.1 Å². The van der Waals surface area contributed by atoms with Crippen LogP contribution < -0.4 is 16.0 Å². The molecule has 1 aliphatic heterocycles. The minimum atomic E-state index is -0.747. The van der Waals surface area contributed by atoms with Crippen LogP contribution in [0.4, 0.5) is 0 Å². The summed E-state index contributed by atoms with van der Waals surface area (Å²) < 4.78 is 0. The number of carbonyl (C=O) groups excluding carboxylic acids is 3. The molecule has 0 aromatic heterocycles. The minimum absolute atomic E-state index is 0.0950. The summed E-state index contributed by atoms with van der Waals surface area (Å²) in [4.78, 5) is 41.5. The van der Waals surface area contributed by atoms with Gasteiger partial charge in [-0.15, -0.1) is 0 Å². The molecule has 1 heterocycles. The van der Waals surface area contributed by atoms with Crippen LogP contribution in [0.3, 0.4) is 0 Å². The summed E-state index contributed by atoms with van der Waals surface area (Å²) in [6, 6.07) is 16.0. The summed E-state index contributed by atoms with van der Waals surface area (Å²) in [5, 5.41) is 9.35. The molecule has 0 saturated carbocycles. The summed E-state index contributed by atoms with van der Waals surface area (Å²) in [7, 11) is 1.66. The highest BCUT2D eigenvalue weighted by atomic mass is 16.2. The van der Waals surface area contributed by atoms with Crippen LogP contribution in [0.2, 0.25) is 0 Å². The van der Waals surface area contributed by atoms with Crippen molar-refractivity contribution in [1.82, 2.24) is 20.9 Å². The highest BCUT2D eigenvalue weighted by molar-refractivity contribution is 5.93. The number of nitrogens with zero attached hydrogens (tertiary/aromatic N) is 1. The van der Waals surface area contributed by atoms with Crippen LogP contribution >= 0.6 is 0 Å². The zero-order chi connectivity index (χ0) is 27.5. The quantitative estimate of drug-likeness (QED) is 0.579. The summed E-state index contributed by atoms with van der Waals surface area (Å²) in [5.41, 5.74) is 3.28. The smallest absolute Gasteiger partial charge is 0.243 e. The fourth-order valence-electron chi connectivity index (χ4n) is 4.60. The van der Waals surface area contributed by atoms with E-state index >= 15 is 0 Å². The SMILES string of the molecule is CC[C@H](C)[C@@H]1NCCc2ccccc2/C=C\CCNC(=O)[C@@H](Cc2ccccc2)NC(=O)[C@@H](C)N(C)C1=O. The maximum Gasteiger partial charge on any atom is 0.243 e. The highest BCUT2D eigenvalue weighted by Gasteiger charge is 2.32. The van der Waals surface area contributed by atoms with Gasteiger partial charge in [-0.25, -0.2) is 0 Å². The molecule has 204 valence electrons. The summed E-state index contributed by atoms with van der Waals surface area (Å²) >= 11 is 0. The second kappa shape index (κ2) is 14.5. The van der Waals surface area contributed by atoms with Crippen LogP contribution in [-0.4, -0.2) is 60.9 Å². The summed E-state index contributed by atoms with van der Waals surface area (Å²) in [5.74, 6) is -0.620. The number of hydrogen-bond acceptors (Lipinski definition) is 4. The zero-order valence-electron chi connectivity index (χ0n) is 23.1. The summed E-state index contributed by atoms with van der Waals surface area (Å²) in [6.45, 7) is 6.93. The molecule has 1 aliphatic rings. The van der Waals surface area contributed by atoms with E-state index in [1.54, 1.807) is 14.0 Å². The Morgan fingerprint density at radius 3 is 2.42 bits per heavy atom. The van der Waals surface area contributed by atoms with E-state index in [1.807, 2.05) is 42.5 Å². The standard InChI is InChI=1S/C31H42N4O3/c1-5-22(2)28-31(38)35(4)23(3)29(36)34-27(21-24-13-7-6-8-14-24)30(37)33-19-12-11-17-25-15-9-10-16-26(25)18-20-32-28/h6-11,13-17,22-23,27-28,32H,5,12,18-21H2,1-4H3,(H,33,37)(H,34,36)/b17-11-/t22-,23+,27+,28-/m0/s1.